The number of fused-ring (bicyclic) bond motifs is 5. The maximum Gasteiger partial charge on any atom is 0.297 e. The smallest absolute Gasteiger partial charge is 0.297 e. The summed E-state index contributed by atoms with van der Waals surface area (Å²) in [6.07, 6.45) is 8.49. The van der Waals surface area contributed by atoms with Crippen LogP contribution in [0.25, 0.3) is 11.0 Å². The SMILES string of the molecule is Cc1cc(Cl)c2c(c1)[C@@H](N1CCN(C3CC4(CCN(c5ccc(C(=O)NS(=O)(=O)c6cc7c(c([N+](=O)[O-])c6)N[C@H](C6CCOCC6)CO7)c(N6c7cc8cc[nH]c8nc7O[C@H]7COCC[C@@H]76)c5)CC4)C3)[C@H](c3ccccc3OC(C)C)C1)CCO2. The average Bonchev–Trinajstić information content (AvgIpc) is 2.79. The minimum atomic E-state index is -4.72. The van der Waals surface area contributed by atoms with Crippen LogP contribution >= 0.6 is 11.6 Å². The highest BCUT2D eigenvalue weighted by atomic mass is 35.5. The van der Waals surface area contributed by atoms with Gasteiger partial charge >= 0.3 is 0 Å². The topological polar surface area (TPSA) is 215 Å². The van der Waals surface area contributed by atoms with Crippen molar-refractivity contribution in [3.63, 3.8) is 0 Å². The van der Waals surface area contributed by atoms with E-state index in [1.807, 2.05) is 36.5 Å². The van der Waals surface area contributed by atoms with Crippen LogP contribution in [0.5, 0.6) is 23.1 Å². The summed E-state index contributed by atoms with van der Waals surface area (Å²) in [6, 6.07) is 24.7. The molecule has 0 radical (unpaired) electrons. The average molecular weight is 1200 g/mol. The highest BCUT2D eigenvalue weighted by molar-refractivity contribution is 7.90. The lowest BCUT2D eigenvalue weighted by molar-refractivity contribution is -0.384. The number of nitrogens with zero attached hydrogens (tertiary/aromatic N) is 6. The molecule has 20 nitrogen and oxygen atoms in total. The van der Waals surface area contributed by atoms with Crippen LogP contribution in [-0.4, -0.2) is 142 Å². The summed E-state index contributed by atoms with van der Waals surface area (Å²) in [7, 11) is -4.72. The summed E-state index contributed by atoms with van der Waals surface area (Å²) >= 11 is 6.80. The first-order valence-corrected chi connectivity index (χ1v) is 32.0. The normalized spacial score (nSPS) is 24.4. The van der Waals surface area contributed by atoms with Crippen LogP contribution in [0.15, 0.2) is 90.0 Å². The number of aromatic amines is 1. The van der Waals surface area contributed by atoms with E-state index in [9.17, 15) is 23.3 Å². The van der Waals surface area contributed by atoms with Gasteiger partial charge in [0.25, 0.3) is 21.6 Å². The molecule has 0 bridgehead atoms. The van der Waals surface area contributed by atoms with Crippen molar-refractivity contribution in [3.05, 3.63) is 122 Å². The Labute approximate surface area is 499 Å². The van der Waals surface area contributed by atoms with Gasteiger partial charge in [-0.1, -0.05) is 35.9 Å². The summed E-state index contributed by atoms with van der Waals surface area (Å²) in [5, 5.41) is 17.4. The Morgan fingerprint density at radius 2 is 1.69 bits per heavy atom. The molecule has 448 valence electrons. The van der Waals surface area contributed by atoms with Gasteiger partial charge in [-0.15, -0.1) is 0 Å². The Kier molecular flexibility index (Phi) is 14.8. The summed E-state index contributed by atoms with van der Waals surface area (Å²) in [4.78, 5) is 44.4. The molecular weight excluding hydrogens is 1130 g/mol. The number of nitro groups is 1. The van der Waals surface area contributed by atoms with Crippen LogP contribution < -0.4 is 38.8 Å². The summed E-state index contributed by atoms with van der Waals surface area (Å²) in [6.45, 7) is 13.2. The Balaban J connectivity index is 0.740. The number of aromatic nitrogens is 2. The van der Waals surface area contributed by atoms with Gasteiger partial charge in [0.05, 0.1) is 63.5 Å². The molecule has 1 amide bonds. The molecule has 6 aromatic rings. The van der Waals surface area contributed by atoms with Crippen molar-refractivity contribution < 1.29 is 46.6 Å². The van der Waals surface area contributed by atoms with Crippen LogP contribution in [0.2, 0.25) is 5.02 Å². The van der Waals surface area contributed by atoms with Gasteiger partial charge in [-0.25, -0.2) is 13.1 Å². The molecular formula is C63H72ClN9O11S. The van der Waals surface area contributed by atoms with Gasteiger partial charge < -0.3 is 48.5 Å². The number of amides is 1. The van der Waals surface area contributed by atoms with Gasteiger partial charge in [0.15, 0.2) is 11.4 Å². The Bertz CT molecular complexity index is 3680. The molecule has 1 saturated carbocycles. The maximum absolute atomic E-state index is 15.0. The molecule has 4 aromatic carbocycles. The van der Waals surface area contributed by atoms with Gasteiger partial charge in [0.1, 0.15) is 35.5 Å². The van der Waals surface area contributed by atoms with Crippen molar-refractivity contribution in [2.24, 2.45) is 11.3 Å². The second-order valence-electron chi connectivity index (χ2n) is 24.7. The van der Waals surface area contributed by atoms with Crippen molar-refractivity contribution in [1.29, 1.82) is 0 Å². The summed E-state index contributed by atoms with van der Waals surface area (Å²) in [5.41, 5.74) is 6.04. The fraction of sp³-hybridized carbons (Fsp3) is 0.492. The number of piperidine rings is 1. The fourth-order valence-electron chi connectivity index (χ4n) is 14.9. The highest BCUT2D eigenvalue weighted by Gasteiger charge is 2.51. The number of para-hydroxylation sites is 1. The van der Waals surface area contributed by atoms with Gasteiger partial charge in [0, 0.05) is 112 Å². The van der Waals surface area contributed by atoms with Crippen molar-refractivity contribution in [1.82, 2.24) is 24.5 Å². The van der Waals surface area contributed by atoms with Crippen molar-refractivity contribution in [2.75, 3.05) is 87.5 Å². The fourth-order valence-corrected chi connectivity index (χ4v) is 16.3. The van der Waals surface area contributed by atoms with Gasteiger partial charge in [0.2, 0.25) is 5.88 Å². The predicted molar refractivity (Wildman–Crippen MR) is 322 cm³/mol. The third-order valence-electron chi connectivity index (χ3n) is 19.2. The van der Waals surface area contributed by atoms with Gasteiger partial charge in [-0.3, -0.25) is 24.7 Å². The molecule has 1 aliphatic carbocycles. The number of piperazine rings is 1. The maximum atomic E-state index is 15.0. The molecule has 22 heteroatoms. The zero-order valence-corrected chi connectivity index (χ0v) is 49.7. The van der Waals surface area contributed by atoms with Crippen molar-refractivity contribution >= 4 is 67.0 Å². The van der Waals surface area contributed by atoms with E-state index in [1.165, 1.54) is 17.2 Å². The number of sulfonamides is 1. The van der Waals surface area contributed by atoms with Crippen LogP contribution in [0, 0.1) is 28.4 Å². The molecule has 3 N–H and O–H groups in total. The number of pyridine rings is 1. The monoisotopic (exact) mass is 1200 g/mol. The Morgan fingerprint density at radius 1 is 0.882 bits per heavy atom. The molecule has 5 atom stereocenters. The number of carbonyl (C=O) groups excluding carboxylic acids is 1. The Morgan fingerprint density at radius 3 is 2.51 bits per heavy atom. The van der Waals surface area contributed by atoms with Gasteiger partial charge in [-0.05, 0) is 125 Å². The number of carbonyl (C=O) groups is 1. The van der Waals surface area contributed by atoms with E-state index in [0.717, 1.165) is 112 Å². The molecule has 14 rings (SSSR count). The van der Waals surface area contributed by atoms with E-state index < -0.39 is 37.5 Å². The summed E-state index contributed by atoms with van der Waals surface area (Å²) < 4.78 is 68.2. The number of hydrogen-bond acceptors (Lipinski definition) is 17. The molecule has 8 aliphatic rings. The van der Waals surface area contributed by atoms with Gasteiger partial charge in [-0.2, -0.15) is 4.98 Å². The van der Waals surface area contributed by atoms with Crippen LogP contribution in [0.4, 0.5) is 28.4 Å². The number of halogens is 1. The number of nitro benzene ring substituents is 1. The van der Waals surface area contributed by atoms with Crippen molar-refractivity contribution in [3.8, 4) is 23.1 Å². The molecule has 4 saturated heterocycles. The van der Waals surface area contributed by atoms with E-state index in [0.29, 0.717) is 66.8 Å². The third kappa shape index (κ3) is 10.5. The van der Waals surface area contributed by atoms with Crippen LogP contribution in [-0.2, 0) is 19.5 Å². The zero-order chi connectivity index (χ0) is 58.3. The predicted octanol–water partition coefficient (Wildman–Crippen LogP) is 10.3. The molecule has 0 unspecified atom stereocenters. The quantitative estimate of drug-likeness (QED) is 0.0767. The standard InChI is InChI=1S/C63H72ClN9O11S/c1-37(2)83-55-7-5-4-6-44(55)54-34-70(49-14-25-81-59-46(49)26-38(3)27-47(59)64)20-21-71(54)42-32-63(33-42)15-18-69(19-16-63)41-8-9-45(51(29-41)72-50-13-24-80-36-57(50)84-62-53(72)28-40-10-17-65-60(40)67-62)61(74)68-85(77,78)43-30-52(73(75)76)58-56(31-43)82-35-48(66-58)39-11-22-79-23-12-39/h4-10,17,26-31,37,39,42,48-50,54,57,66H,11-16,18-25,32-36H2,1-3H3,(H,65,67)(H,68,74)/t48-,49-,50-,54-,57-/m0/s1. The minimum absolute atomic E-state index is 0.0227. The largest absolute Gasteiger partial charge is 0.492 e. The lowest BCUT2D eigenvalue weighted by Gasteiger charge is -2.59. The molecule has 1 spiro atoms. The number of nitrogens with one attached hydrogen (secondary N) is 3. The second-order valence-corrected chi connectivity index (χ2v) is 26.8. The van der Waals surface area contributed by atoms with E-state index in [2.05, 4.69) is 85.7 Å². The number of ether oxygens (including phenoxy) is 6. The molecule has 2 aromatic heterocycles. The molecule has 7 aliphatic heterocycles. The molecule has 9 heterocycles. The number of aryl methyl sites for hydroxylation is 1. The van der Waals surface area contributed by atoms with Crippen LogP contribution in [0.1, 0.15) is 104 Å². The van der Waals surface area contributed by atoms with Crippen LogP contribution in [0.3, 0.4) is 0 Å². The minimum Gasteiger partial charge on any atom is -0.492 e. The first kappa shape index (κ1) is 56.0. The lowest BCUT2D eigenvalue weighted by Crippen LogP contribution is -2.60. The Hall–Kier alpha value is -6.88. The van der Waals surface area contributed by atoms with E-state index >= 15 is 0 Å². The summed E-state index contributed by atoms with van der Waals surface area (Å²) in [5.74, 6) is 1.38. The second kappa shape index (κ2) is 22.4. The number of rotatable bonds is 12. The first-order valence-electron chi connectivity index (χ1n) is 30.1. The van der Waals surface area contributed by atoms with E-state index in [1.54, 1.807) is 6.07 Å². The van der Waals surface area contributed by atoms with E-state index in [-0.39, 0.29) is 71.8 Å². The zero-order valence-electron chi connectivity index (χ0n) is 48.1. The van der Waals surface area contributed by atoms with Crippen molar-refractivity contribution in [2.45, 2.75) is 119 Å². The molecule has 5 fully saturated rings. The van der Waals surface area contributed by atoms with E-state index in [4.69, 9.17) is 45.0 Å². The number of H-pyrrole nitrogens is 1. The third-order valence-corrected chi connectivity index (χ3v) is 20.8. The molecule has 85 heavy (non-hydrogen) atoms. The number of benzene rings is 4. The highest BCUT2D eigenvalue weighted by Crippen LogP contribution is 2.55. The lowest BCUT2D eigenvalue weighted by atomic mass is 9.59. The first-order chi connectivity index (χ1) is 41.2. The number of anilines is 4. The number of hydrogen-bond donors (Lipinski definition) is 3.